The monoisotopic (exact) mass is 620 g/mol. The van der Waals surface area contributed by atoms with Crippen LogP contribution < -0.4 is 0 Å². The van der Waals surface area contributed by atoms with Crippen molar-refractivity contribution in [3.8, 4) is 0 Å². The van der Waals surface area contributed by atoms with Crippen molar-refractivity contribution in [3.63, 3.8) is 0 Å². The third-order valence-corrected chi connectivity index (χ3v) is 7.23. The molecular weight excluding hydrogens is 556 g/mol. The zero-order chi connectivity index (χ0) is 32.7. The Hall–Kier alpha value is -3.14. The summed E-state index contributed by atoms with van der Waals surface area (Å²) in [7, 11) is 0. The lowest BCUT2D eigenvalue weighted by Crippen LogP contribution is -1.92. The second-order valence-electron chi connectivity index (χ2n) is 11.5. The summed E-state index contributed by atoms with van der Waals surface area (Å²) >= 11 is 0. The fourth-order valence-electron chi connectivity index (χ4n) is 4.60. The highest BCUT2D eigenvalue weighted by Crippen LogP contribution is 2.12. The Morgan fingerprint density at radius 1 is 0.289 bits per heavy atom. The molecule has 0 spiro atoms. The van der Waals surface area contributed by atoms with E-state index in [1.807, 2.05) is 0 Å². The third-order valence-electron chi connectivity index (χ3n) is 7.23. The fraction of sp³-hybridized carbons (Fsp3) is 0.561. The fourth-order valence-corrected chi connectivity index (χ4v) is 4.60. The lowest BCUT2D eigenvalue weighted by atomic mass is 10.1. The van der Waals surface area contributed by atoms with E-state index < -0.39 is 11.9 Å². The van der Waals surface area contributed by atoms with Crippen molar-refractivity contribution < 1.29 is 19.8 Å². The Balaban J connectivity index is 3.38. The number of allylic oxidation sites excluding steroid dienone is 16. The first-order valence-corrected chi connectivity index (χ1v) is 17.8. The van der Waals surface area contributed by atoms with E-state index in [1.54, 1.807) is 0 Å². The number of carboxylic acid groups (broad SMARTS) is 2. The van der Waals surface area contributed by atoms with Crippen LogP contribution in [-0.4, -0.2) is 22.2 Å². The van der Waals surface area contributed by atoms with Gasteiger partial charge < -0.3 is 10.2 Å². The molecule has 0 aliphatic heterocycles. The molecule has 0 aliphatic rings. The van der Waals surface area contributed by atoms with Gasteiger partial charge in [0, 0.05) is 12.8 Å². The van der Waals surface area contributed by atoms with Gasteiger partial charge in [-0.2, -0.15) is 0 Å². The van der Waals surface area contributed by atoms with E-state index in [2.05, 4.69) is 97.2 Å². The van der Waals surface area contributed by atoms with Crippen molar-refractivity contribution in [1.82, 2.24) is 0 Å². The molecule has 45 heavy (non-hydrogen) atoms. The predicted octanol–water partition coefficient (Wildman–Crippen LogP) is 12.6. The van der Waals surface area contributed by atoms with E-state index in [1.165, 1.54) is 70.6 Å². The van der Waals surface area contributed by atoms with Crippen LogP contribution in [0.2, 0.25) is 0 Å². The van der Waals surface area contributed by atoms with E-state index >= 15 is 0 Å². The molecule has 0 saturated heterocycles. The highest BCUT2D eigenvalue weighted by atomic mass is 16.4. The summed E-state index contributed by atoms with van der Waals surface area (Å²) in [6.07, 6.45) is 59.2. The van der Waals surface area contributed by atoms with Crippen molar-refractivity contribution in [2.75, 3.05) is 0 Å². The van der Waals surface area contributed by atoms with Crippen LogP contribution in [0.4, 0.5) is 0 Å². The van der Waals surface area contributed by atoms with Gasteiger partial charge in [0.25, 0.3) is 0 Å². The Bertz CT molecular complexity index is 840. The molecule has 0 radical (unpaired) electrons. The molecule has 0 rings (SSSR count). The quantitative estimate of drug-likeness (QED) is 0.0579. The minimum absolute atomic E-state index is 0.253. The number of carbonyl (C=O) groups is 2. The SMILES string of the molecule is O=C(O)CCC/C=C\C/C=C\C/C=C\C/C=C\CCCCCCCCCCC/C=C\C/C=C\C/C=C\C/C=C\CCCC(=O)O. The van der Waals surface area contributed by atoms with Crippen LogP contribution in [0, 0.1) is 0 Å². The van der Waals surface area contributed by atoms with Gasteiger partial charge in [0.1, 0.15) is 0 Å². The average Bonchev–Trinajstić information content (AvgIpc) is 3.02. The first-order chi connectivity index (χ1) is 22.1. The van der Waals surface area contributed by atoms with Gasteiger partial charge >= 0.3 is 11.9 Å². The minimum Gasteiger partial charge on any atom is -0.481 e. The summed E-state index contributed by atoms with van der Waals surface area (Å²) in [4.78, 5) is 20.9. The molecule has 0 amide bonds. The molecular formula is C41H64O4. The van der Waals surface area contributed by atoms with Crippen LogP contribution in [-0.2, 0) is 9.59 Å². The molecule has 0 unspecified atom stereocenters. The number of hydrogen-bond acceptors (Lipinski definition) is 2. The summed E-state index contributed by atoms with van der Waals surface area (Å²) in [5.74, 6) is -1.43. The van der Waals surface area contributed by atoms with Crippen LogP contribution in [0.1, 0.15) is 148 Å². The zero-order valence-corrected chi connectivity index (χ0v) is 28.2. The average molecular weight is 621 g/mol. The van der Waals surface area contributed by atoms with Gasteiger partial charge in [0.2, 0.25) is 0 Å². The standard InChI is InChI=1S/C41H64O4/c42-40(43)38-36-34-32-30-28-26-24-22-20-18-16-14-12-10-8-6-4-2-1-3-5-7-9-11-13-15-17-19-21-23-25-27-29-31-33-35-37-39-41(44)45/h12-15,18-21,24-27,30-33H,1-11,16-17,22-23,28-29,34-39H2,(H,42,43)(H,44,45)/b14-12-,15-13-,20-18-,21-19-,26-24-,27-25-,32-30-,33-31-. The molecule has 0 atom stereocenters. The Labute approximate surface area is 276 Å². The predicted molar refractivity (Wildman–Crippen MR) is 195 cm³/mol. The summed E-state index contributed by atoms with van der Waals surface area (Å²) in [5, 5.41) is 17.2. The number of carboxylic acids is 2. The summed E-state index contributed by atoms with van der Waals surface area (Å²) in [6, 6.07) is 0. The molecule has 0 bridgehead atoms. The second kappa shape index (κ2) is 37.0. The van der Waals surface area contributed by atoms with Gasteiger partial charge in [0.05, 0.1) is 0 Å². The Morgan fingerprint density at radius 2 is 0.489 bits per heavy atom. The van der Waals surface area contributed by atoms with E-state index in [4.69, 9.17) is 10.2 Å². The van der Waals surface area contributed by atoms with Gasteiger partial charge in [-0.3, -0.25) is 9.59 Å². The van der Waals surface area contributed by atoms with Gasteiger partial charge in [-0.15, -0.1) is 0 Å². The van der Waals surface area contributed by atoms with Crippen molar-refractivity contribution in [2.45, 2.75) is 148 Å². The number of hydrogen-bond donors (Lipinski definition) is 2. The normalized spacial score (nSPS) is 12.8. The Kier molecular flexibility index (Phi) is 34.5. The summed E-state index contributed by atoms with van der Waals surface area (Å²) < 4.78 is 0. The van der Waals surface area contributed by atoms with Crippen LogP contribution in [0.15, 0.2) is 97.2 Å². The largest absolute Gasteiger partial charge is 0.481 e. The first kappa shape index (κ1) is 41.9. The minimum atomic E-state index is -0.716. The lowest BCUT2D eigenvalue weighted by Gasteiger charge is -2.01. The maximum atomic E-state index is 10.4. The molecule has 4 heteroatoms. The molecule has 252 valence electrons. The van der Waals surface area contributed by atoms with Gasteiger partial charge in [-0.05, 0) is 89.9 Å². The molecule has 0 fully saturated rings. The first-order valence-electron chi connectivity index (χ1n) is 17.8. The van der Waals surface area contributed by atoms with E-state index in [-0.39, 0.29) is 12.8 Å². The van der Waals surface area contributed by atoms with Crippen molar-refractivity contribution in [1.29, 1.82) is 0 Å². The van der Waals surface area contributed by atoms with Gasteiger partial charge in [0.15, 0.2) is 0 Å². The van der Waals surface area contributed by atoms with Crippen molar-refractivity contribution >= 4 is 11.9 Å². The molecule has 0 aromatic rings. The van der Waals surface area contributed by atoms with Crippen molar-refractivity contribution in [2.24, 2.45) is 0 Å². The van der Waals surface area contributed by atoms with Crippen LogP contribution in [0.3, 0.4) is 0 Å². The van der Waals surface area contributed by atoms with Crippen LogP contribution >= 0.6 is 0 Å². The molecule has 0 saturated carbocycles. The summed E-state index contributed by atoms with van der Waals surface area (Å²) in [5.41, 5.74) is 0. The number of aliphatic carboxylic acids is 2. The molecule has 0 aromatic carbocycles. The van der Waals surface area contributed by atoms with Crippen LogP contribution in [0.5, 0.6) is 0 Å². The van der Waals surface area contributed by atoms with Gasteiger partial charge in [-0.25, -0.2) is 0 Å². The number of rotatable bonds is 32. The molecule has 0 aromatic heterocycles. The maximum absolute atomic E-state index is 10.4. The highest BCUT2D eigenvalue weighted by molar-refractivity contribution is 5.66. The maximum Gasteiger partial charge on any atom is 0.303 e. The molecule has 0 heterocycles. The smallest absolute Gasteiger partial charge is 0.303 e. The Morgan fingerprint density at radius 3 is 0.733 bits per heavy atom. The second-order valence-corrected chi connectivity index (χ2v) is 11.5. The van der Waals surface area contributed by atoms with Gasteiger partial charge in [-0.1, -0.05) is 142 Å². The van der Waals surface area contributed by atoms with Crippen LogP contribution in [0.25, 0.3) is 0 Å². The lowest BCUT2D eigenvalue weighted by molar-refractivity contribution is -0.138. The van der Waals surface area contributed by atoms with Crippen molar-refractivity contribution in [3.05, 3.63) is 97.2 Å². The zero-order valence-electron chi connectivity index (χ0n) is 28.2. The third kappa shape index (κ3) is 40.9. The molecule has 2 N–H and O–H groups in total. The molecule has 0 aliphatic carbocycles. The van der Waals surface area contributed by atoms with E-state index in [9.17, 15) is 9.59 Å². The van der Waals surface area contributed by atoms with E-state index in [0.717, 1.165) is 51.4 Å². The number of unbranched alkanes of at least 4 members (excludes halogenated alkanes) is 12. The summed E-state index contributed by atoms with van der Waals surface area (Å²) in [6.45, 7) is 0. The van der Waals surface area contributed by atoms with E-state index in [0.29, 0.717) is 12.8 Å². The highest BCUT2D eigenvalue weighted by Gasteiger charge is 1.94. The topological polar surface area (TPSA) is 74.6 Å². The molecule has 4 nitrogen and oxygen atoms in total.